The molecule has 27 heavy (non-hydrogen) atoms. The number of aromatic nitrogens is 3. The second kappa shape index (κ2) is 7.52. The third-order valence-corrected chi connectivity index (χ3v) is 5.64. The van der Waals surface area contributed by atoms with Gasteiger partial charge >= 0.3 is 0 Å². The van der Waals surface area contributed by atoms with Crippen molar-refractivity contribution in [3.8, 4) is 5.88 Å². The summed E-state index contributed by atoms with van der Waals surface area (Å²) in [5.41, 5.74) is 4.32. The number of fused-ring (bicyclic) bond motifs is 1. The van der Waals surface area contributed by atoms with Gasteiger partial charge in [-0.3, -0.25) is 9.48 Å². The van der Waals surface area contributed by atoms with Gasteiger partial charge in [-0.25, -0.2) is 4.98 Å². The van der Waals surface area contributed by atoms with Crippen molar-refractivity contribution in [2.45, 2.75) is 40.0 Å². The van der Waals surface area contributed by atoms with Crippen LogP contribution in [-0.4, -0.2) is 32.1 Å². The largest absolute Gasteiger partial charge is 0.471 e. The summed E-state index contributed by atoms with van der Waals surface area (Å²) >= 11 is 1.48. The molecule has 1 aliphatic rings. The normalized spacial score (nSPS) is 13.5. The van der Waals surface area contributed by atoms with Gasteiger partial charge in [0.05, 0.1) is 4.88 Å². The molecule has 4 rings (SSSR count). The molecule has 3 aromatic heterocycles. The van der Waals surface area contributed by atoms with Crippen LogP contribution in [0, 0.1) is 6.92 Å². The molecular formula is C20H22N4O2S. The minimum Gasteiger partial charge on any atom is -0.471 e. The molecule has 0 aromatic carbocycles. The number of amides is 1. The van der Waals surface area contributed by atoms with Gasteiger partial charge in [-0.05, 0) is 36.9 Å². The van der Waals surface area contributed by atoms with Gasteiger partial charge in [0.2, 0.25) is 5.88 Å². The molecule has 0 aliphatic carbocycles. The number of thiophene rings is 1. The standard InChI is InChI=1S/C20H22N4O2S/c1-3-24-17-7-9-23(20(25)18-5-4-10-27-18)12-15(17)16(22-24)13-26-19-11-14(2)6-8-21-19/h4-6,8,10-11H,3,7,9,12-13H2,1-2H3. The van der Waals surface area contributed by atoms with Crippen molar-refractivity contribution in [2.75, 3.05) is 6.54 Å². The van der Waals surface area contributed by atoms with Crippen LogP contribution in [0.3, 0.4) is 0 Å². The Labute approximate surface area is 162 Å². The number of pyridine rings is 1. The molecule has 0 saturated heterocycles. The number of carbonyl (C=O) groups is 1. The maximum atomic E-state index is 12.7. The monoisotopic (exact) mass is 382 g/mol. The minimum absolute atomic E-state index is 0.0899. The predicted octanol–water partition coefficient (Wildman–Crippen LogP) is 3.45. The lowest BCUT2D eigenvalue weighted by molar-refractivity contribution is 0.0737. The van der Waals surface area contributed by atoms with E-state index in [-0.39, 0.29) is 5.91 Å². The first kappa shape index (κ1) is 17.7. The van der Waals surface area contributed by atoms with Crippen LogP contribution in [0.2, 0.25) is 0 Å². The zero-order chi connectivity index (χ0) is 18.8. The fourth-order valence-corrected chi connectivity index (χ4v) is 4.09. The fourth-order valence-electron chi connectivity index (χ4n) is 3.40. The van der Waals surface area contributed by atoms with E-state index < -0.39 is 0 Å². The Morgan fingerprint density at radius 1 is 1.37 bits per heavy atom. The second-order valence-corrected chi connectivity index (χ2v) is 7.55. The van der Waals surface area contributed by atoms with Crippen molar-refractivity contribution >= 4 is 17.2 Å². The average molecular weight is 382 g/mol. The SMILES string of the molecule is CCn1nc(COc2cc(C)ccn2)c2c1CCN(C(=O)c1cccs1)C2. The number of hydrogen-bond acceptors (Lipinski definition) is 5. The summed E-state index contributed by atoms with van der Waals surface area (Å²) in [5, 5.41) is 6.67. The molecule has 140 valence electrons. The molecule has 1 amide bonds. The van der Waals surface area contributed by atoms with Gasteiger partial charge in [-0.15, -0.1) is 11.3 Å². The van der Waals surface area contributed by atoms with Gasteiger partial charge in [0.1, 0.15) is 12.3 Å². The van der Waals surface area contributed by atoms with Gasteiger partial charge in [0, 0.05) is 49.6 Å². The predicted molar refractivity (Wildman–Crippen MR) is 104 cm³/mol. The highest BCUT2D eigenvalue weighted by Crippen LogP contribution is 2.26. The smallest absolute Gasteiger partial charge is 0.264 e. The summed E-state index contributed by atoms with van der Waals surface area (Å²) in [6, 6.07) is 7.65. The molecule has 0 saturated carbocycles. The molecule has 3 aromatic rings. The topological polar surface area (TPSA) is 60.2 Å². The molecule has 0 atom stereocenters. The molecule has 0 bridgehead atoms. The zero-order valence-electron chi connectivity index (χ0n) is 15.5. The van der Waals surface area contributed by atoms with Crippen molar-refractivity contribution in [1.82, 2.24) is 19.7 Å². The van der Waals surface area contributed by atoms with Crippen LogP contribution in [-0.2, 0) is 26.1 Å². The number of aryl methyl sites for hydroxylation is 2. The summed E-state index contributed by atoms with van der Waals surface area (Å²) in [6.45, 7) is 6.55. The van der Waals surface area contributed by atoms with E-state index in [1.165, 1.54) is 17.0 Å². The van der Waals surface area contributed by atoms with E-state index in [2.05, 4.69) is 11.9 Å². The highest BCUT2D eigenvalue weighted by molar-refractivity contribution is 7.12. The number of ether oxygens (including phenoxy) is 1. The highest BCUT2D eigenvalue weighted by Gasteiger charge is 2.28. The van der Waals surface area contributed by atoms with Crippen molar-refractivity contribution < 1.29 is 9.53 Å². The first-order valence-electron chi connectivity index (χ1n) is 9.11. The van der Waals surface area contributed by atoms with E-state index in [9.17, 15) is 4.79 Å². The van der Waals surface area contributed by atoms with E-state index in [1.807, 2.05) is 46.2 Å². The molecule has 6 nitrogen and oxygen atoms in total. The third-order valence-electron chi connectivity index (χ3n) is 4.78. The Hall–Kier alpha value is -2.67. The van der Waals surface area contributed by atoms with E-state index >= 15 is 0 Å². The zero-order valence-corrected chi connectivity index (χ0v) is 16.3. The van der Waals surface area contributed by atoms with Crippen LogP contribution < -0.4 is 4.74 Å². The van der Waals surface area contributed by atoms with Crippen molar-refractivity contribution in [3.63, 3.8) is 0 Å². The maximum absolute atomic E-state index is 12.7. The molecule has 0 fully saturated rings. The summed E-state index contributed by atoms with van der Waals surface area (Å²) in [5.74, 6) is 0.684. The molecular weight excluding hydrogens is 360 g/mol. The highest BCUT2D eigenvalue weighted by atomic mass is 32.1. The van der Waals surface area contributed by atoms with Gasteiger partial charge in [-0.2, -0.15) is 5.10 Å². The van der Waals surface area contributed by atoms with Crippen molar-refractivity contribution in [1.29, 1.82) is 0 Å². The number of carbonyl (C=O) groups excluding carboxylic acids is 1. The quantitative estimate of drug-likeness (QED) is 0.678. The Kier molecular flexibility index (Phi) is 4.94. The Balaban J connectivity index is 1.55. The van der Waals surface area contributed by atoms with Crippen LogP contribution in [0.15, 0.2) is 35.8 Å². The van der Waals surface area contributed by atoms with Crippen molar-refractivity contribution in [3.05, 3.63) is 63.2 Å². The summed E-state index contributed by atoms with van der Waals surface area (Å²) < 4.78 is 7.91. The maximum Gasteiger partial charge on any atom is 0.264 e. The van der Waals surface area contributed by atoms with Crippen LogP contribution in [0.5, 0.6) is 5.88 Å². The minimum atomic E-state index is 0.0899. The molecule has 7 heteroatoms. The summed E-state index contributed by atoms with van der Waals surface area (Å²) in [4.78, 5) is 19.7. The summed E-state index contributed by atoms with van der Waals surface area (Å²) in [7, 11) is 0. The molecule has 1 aliphatic heterocycles. The molecule has 0 N–H and O–H groups in total. The van der Waals surface area contributed by atoms with E-state index in [0.717, 1.165) is 41.2 Å². The second-order valence-electron chi connectivity index (χ2n) is 6.60. The third kappa shape index (κ3) is 3.60. The Bertz CT molecular complexity index is 949. The lowest BCUT2D eigenvalue weighted by Gasteiger charge is -2.27. The van der Waals surface area contributed by atoms with Gasteiger partial charge in [0.15, 0.2) is 0 Å². The molecule has 4 heterocycles. The number of hydrogen-bond donors (Lipinski definition) is 0. The first-order chi connectivity index (χ1) is 13.2. The Morgan fingerprint density at radius 2 is 2.26 bits per heavy atom. The molecule has 0 spiro atoms. The number of rotatable bonds is 5. The van der Waals surface area contributed by atoms with Gasteiger partial charge in [-0.1, -0.05) is 6.07 Å². The average Bonchev–Trinajstić information content (AvgIpc) is 3.33. The molecule has 0 radical (unpaired) electrons. The lowest BCUT2D eigenvalue weighted by Crippen LogP contribution is -2.36. The van der Waals surface area contributed by atoms with Gasteiger partial charge < -0.3 is 9.64 Å². The summed E-state index contributed by atoms with van der Waals surface area (Å²) in [6.07, 6.45) is 2.56. The van der Waals surface area contributed by atoms with Crippen molar-refractivity contribution in [2.24, 2.45) is 0 Å². The Morgan fingerprint density at radius 3 is 3.00 bits per heavy atom. The van der Waals surface area contributed by atoms with Crippen LogP contribution in [0.1, 0.15) is 39.1 Å². The van der Waals surface area contributed by atoms with E-state index in [0.29, 0.717) is 19.0 Å². The lowest BCUT2D eigenvalue weighted by atomic mass is 10.0. The van der Waals surface area contributed by atoms with Crippen LogP contribution >= 0.6 is 11.3 Å². The fraction of sp³-hybridized carbons (Fsp3) is 0.350. The molecule has 0 unspecified atom stereocenters. The van der Waals surface area contributed by atoms with Crippen LogP contribution in [0.25, 0.3) is 0 Å². The van der Waals surface area contributed by atoms with E-state index in [4.69, 9.17) is 9.84 Å². The van der Waals surface area contributed by atoms with E-state index in [1.54, 1.807) is 6.20 Å². The van der Waals surface area contributed by atoms with Crippen LogP contribution in [0.4, 0.5) is 0 Å². The first-order valence-corrected chi connectivity index (χ1v) is 9.99. The number of nitrogens with zero attached hydrogens (tertiary/aromatic N) is 4. The van der Waals surface area contributed by atoms with Gasteiger partial charge in [0.25, 0.3) is 5.91 Å².